The molecule has 0 aliphatic carbocycles. The lowest BCUT2D eigenvalue weighted by atomic mass is 10.1. The summed E-state index contributed by atoms with van der Waals surface area (Å²) in [5, 5.41) is 15.2. The number of carbonyl (C=O) groups is 3. The van der Waals surface area contributed by atoms with E-state index in [0.717, 1.165) is 16.4 Å². The number of halogens is 1. The average Bonchev–Trinajstić information content (AvgIpc) is 3.66. The number of fused-ring (bicyclic) bond motifs is 1. The lowest BCUT2D eigenvalue weighted by Crippen LogP contribution is -2.53. The molecule has 3 aliphatic rings. The van der Waals surface area contributed by atoms with Crippen molar-refractivity contribution in [2.75, 3.05) is 51.3 Å². The largest absolute Gasteiger partial charge is 0.478 e. The molecule has 222 valence electrons. The van der Waals surface area contributed by atoms with E-state index in [1.165, 1.54) is 36.6 Å². The second-order valence-electron chi connectivity index (χ2n) is 10.1. The van der Waals surface area contributed by atoms with Crippen molar-refractivity contribution in [2.45, 2.75) is 6.04 Å². The maximum absolute atomic E-state index is 13.3. The van der Waals surface area contributed by atoms with Crippen LogP contribution in [0.25, 0.3) is 0 Å². The van der Waals surface area contributed by atoms with Crippen molar-refractivity contribution in [1.29, 1.82) is 0 Å². The van der Waals surface area contributed by atoms with Crippen LogP contribution in [0, 0.1) is 0 Å². The number of methoxy groups -OCH3 is 1. The average molecular weight is 623 g/mol. The van der Waals surface area contributed by atoms with Crippen molar-refractivity contribution in [1.82, 2.24) is 20.1 Å². The number of piperazine rings is 1. The van der Waals surface area contributed by atoms with Gasteiger partial charge in [-0.15, -0.1) is 11.3 Å². The van der Waals surface area contributed by atoms with Crippen molar-refractivity contribution in [3.63, 3.8) is 0 Å². The van der Waals surface area contributed by atoms with Gasteiger partial charge in [-0.3, -0.25) is 14.8 Å². The number of nitrogens with one attached hydrogen (secondary N) is 1. The third kappa shape index (κ3) is 5.91. The Balaban J connectivity index is 1.11. The van der Waals surface area contributed by atoms with Crippen molar-refractivity contribution in [3.8, 4) is 11.5 Å². The number of carboxylic acids is 1. The molecule has 14 heteroatoms. The van der Waals surface area contributed by atoms with Crippen LogP contribution in [0.3, 0.4) is 0 Å². The number of nitrogens with zero attached hydrogens (tertiary/aromatic N) is 5. The van der Waals surface area contributed by atoms with Gasteiger partial charge in [-0.1, -0.05) is 11.6 Å². The molecule has 1 unspecified atom stereocenters. The second-order valence-corrected chi connectivity index (χ2v) is 11.4. The van der Waals surface area contributed by atoms with Gasteiger partial charge in [-0.05, 0) is 36.4 Å². The molecule has 2 N–H and O–H groups in total. The van der Waals surface area contributed by atoms with Crippen LogP contribution < -0.4 is 15.0 Å². The summed E-state index contributed by atoms with van der Waals surface area (Å²) in [6.45, 7) is 3.05. The van der Waals surface area contributed by atoms with E-state index < -0.39 is 11.9 Å². The first-order chi connectivity index (χ1) is 20.8. The highest BCUT2D eigenvalue weighted by Gasteiger charge is 2.41. The molecule has 43 heavy (non-hydrogen) atoms. The van der Waals surface area contributed by atoms with Gasteiger partial charge in [0.05, 0.1) is 35.9 Å². The third-order valence-electron chi connectivity index (χ3n) is 7.47. The fraction of sp³-hybridized carbons (Fsp3) is 0.276. The second kappa shape index (κ2) is 12.0. The summed E-state index contributed by atoms with van der Waals surface area (Å²) >= 11 is 7.52. The molecule has 0 spiro atoms. The van der Waals surface area contributed by atoms with E-state index in [4.69, 9.17) is 26.2 Å². The number of rotatable bonds is 8. The highest BCUT2D eigenvalue weighted by atomic mass is 35.5. The standard InChI is InChI=1S/C29H27ClN6O6S/c1-41-28(39)22-13-32-25(26-31-8-11-43-26)33-24(22)16-34-9-10-35-18(14-34)15-36(29(35)40)17-2-4-19(5-3-17)42-20-6-7-21(27(37)38)23(30)12-20/h2-8,11-12,18H,9-10,13-16H2,1H3,(H,32,33)(H,37,38). The predicted molar refractivity (Wildman–Crippen MR) is 160 cm³/mol. The van der Waals surface area contributed by atoms with Crippen LogP contribution >= 0.6 is 22.9 Å². The summed E-state index contributed by atoms with van der Waals surface area (Å²) < 4.78 is 10.8. The molecule has 2 fully saturated rings. The molecule has 0 radical (unpaired) electrons. The molecular formula is C29H27ClN6O6S. The number of aliphatic imine (C=N–C) groups is 1. The normalized spacial score (nSPS) is 18.7. The van der Waals surface area contributed by atoms with E-state index in [-0.39, 0.29) is 29.2 Å². The van der Waals surface area contributed by atoms with E-state index in [0.29, 0.717) is 55.6 Å². The van der Waals surface area contributed by atoms with Gasteiger partial charge in [-0.25, -0.2) is 19.4 Å². The van der Waals surface area contributed by atoms with Gasteiger partial charge in [0.2, 0.25) is 0 Å². The Morgan fingerprint density at radius 3 is 2.63 bits per heavy atom. The summed E-state index contributed by atoms with van der Waals surface area (Å²) in [5.74, 6) is 0.0259. The minimum Gasteiger partial charge on any atom is -0.478 e. The van der Waals surface area contributed by atoms with Crippen LogP contribution in [-0.2, 0) is 9.53 Å². The number of carboxylic acid groups (broad SMARTS) is 1. The number of aromatic nitrogens is 1. The molecule has 0 bridgehead atoms. The molecule has 2 saturated heterocycles. The van der Waals surface area contributed by atoms with Crippen LogP contribution in [0.5, 0.6) is 11.5 Å². The van der Waals surface area contributed by atoms with Crippen LogP contribution in [0.15, 0.2) is 70.3 Å². The smallest absolute Gasteiger partial charge is 0.337 e. The van der Waals surface area contributed by atoms with Crippen molar-refractivity contribution >= 4 is 52.4 Å². The van der Waals surface area contributed by atoms with Gasteiger partial charge in [0.15, 0.2) is 10.8 Å². The van der Waals surface area contributed by atoms with E-state index >= 15 is 0 Å². The maximum atomic E-state index is 13.3. The summed E-state index contributed by atoms with van der Waals surface area (Å²) in [5.41, 5.74) is 1.95. The molecule has 3 aromatic rings. The lowest BCUT2D eigenvalue weighted by Gasteiger charge is -2.37. The molecule has 1 atom stereocenters. The zero-order chi connectivity index (χ0) is 30.1. The van der Waals surface area contributed by atoms with Crippen LogP contribution in [0.2, 0.25) is 5.02 Å². The third-order valence-corrected chi connectivity index (χ3v) is 8.56. The Morgan fingerprint density at radius 2 is 1.93 bits per heavy atom. The number of amidine groups is 1. The van der Waals surface area contributed by atoms with Gasteiger partial charge in [-0.2, -0.15) is 0 Å². The molecule has 1 aromatic heterocycles. The SMILES string of the molecule is COC(=O)C1=C(CN2CCN3C(=O)N(c4ccc(Oc5ccc(C(=O)O)c(Cl)c5)cc4)CC3C2)NC(c2nccs2)=NC1. The Labute approximate surface area is 255 Å². The highest BCUT2D eigenvalue weighted by molar-refractivity contribution is 7.11. The molecule has 2 aromatic carbocycles. The Bertz CT molecular complexity index is 1630. The number of amides is 2. The predicted octanol–water partition coefficient (Wildman–Crippen LogP) is 3.69. The zero-order valence-corrected chi connectivity index (χ0v) is 24.6. The lowest BCUT2D eigenvalue weighted by molar-refractivity contribution is -0.136. The van der Waals surface area contributed by atoms with Gasteiger partial charge < -0.3 is 24.8 Å². The summed E-state index contributed by atoms with van der Waals surface area (Å²) in [4.78, 5) is 51.7. The first-order valence-electron chi connectivity index (χ1n) is 13.4. The fourth-order valence-corrected chi connectivity index (χ4v) is 6.19. The number of carbonyl (C=O) groups excluding carboxylic acids is 2. The molecule has 12 nitrogen and oxygen atoms in total. The molecular weight excluding hydrogens is 596 g/mol. The number of hydrogen-bond acceptors (Lipinski definition) is 10. The molecule has 6 rings (SSSR count). The topological polar surface area (TPSA) is 137 Å². The van der Waals surface area contributed by atoms with E-state index in [2.05, 4.69) is 20.2 Å². The van der Waals surface area contributed by atoms with Crippen LogP contribution in [0.4, 0.5) is 10.5 Å². The van der Waals surface area contributed by atoms with Crippen LogP contribution in [-0.4, -0.2) is 96.1 Å². The van der Waals surface area contributed by atoms with E-state index in [1.54, 1.807) is 23.2 Å². The maximum Gasteiger partial charge on any atom is 0.337 e. The Morgan fingerprint density at radius 1 is 1.14 bits per heavy atom. The van der Waals surface area contributed by atoms with Crippen molar-refractivity contribution in [3.05, 3.63) is 80.9 Å². The van der Waals surface area contributed by atoms with Gasteiger partial charge >= 0.3 is 18.0 Å². The summed E-state index contributed by atoms with van der Waals surface area (Å²) in [6.07, 6.45) is 1.71. The number of esters is 1. The van der Waals surface area contributed by atoms with Crippen molar-refractivity contribution < 1.29 is 29.0 Å². The molecule has 2 amide bonds. The van der Waals surface area contributed by atoms with Gasteiger partial charge in [0, 0.05) is 61.8 Å². The summed E-state index contributed by atoms with van der Waals surface area (Å²) in [6, 6.07) is 11.4. The number of aromatic carboxylic acids is 1. The van der Waals surface area contributed by atoms with Crippen molar-refractivity contribution in [2.24, 2.45) is 4.99 Å². The monoisotopic (exact) mass is 622 g/mol. The molecule has 3 aliphatic heterocycles. The van der Waals surface area contributed by atoms with Gasteiger partial charge in [0.1, 0.15) is 11.5 Å². The number of anilines is 1. The number of ether oxygens (including phenoxy) is 2. The van der Waals surface area contributed by atoms with Crippen LogP contribution in [0.1, 0.15) is 15.4 Å². The summed E-state index contributed by atoms with van der Waals surface area (Å²) in [7, 11) is 1.36. The zero-order valence-electron chi connectivity index (χ0n) is 23.0. The minimum atomic E-state index is -1.11. The molecule has 0 saturated carbocycles. The first-order valence-corrected chi connectivity index (χ1v) is 14.7. The first kappa shape index (κ1) is 28.6. The highest BCUT2D eigenvalue weighted by Crippen LogP contribution is 2.31. The quantitative estimate of drug-likeness (QED) is 0.360. The number of hydrogen-bond donors (Lipinski definition) is 2. The Kier molecular flexibility index (Phi) is 8.02. The van der Waals surface area contributed by atoms with Gasteiger partial charge in [0.25, 0.3) is 0 Å². The number of thiazole rings is 1. The fourth-order valence-electron chi connectivity index (χ4n) is 5.34. The number of benzene rings is 2. The molecule has 4 heterocycles. The van der Waals surface area contributed by atoms with E-state index in [9.17, 15) is 14.4 Å². The van der Waals surface area contributed by atoms with E-state index in [1.807, 2.05) is 22.4 Å². The Hall–Kier alpha value is -4.46. The number of urea groups is 1. The minimum absolute atomic E-state index is 0.00292.